The van der Waals surface area contributed by atoms with Gasteiger partial charge in [0, 0.05) is 37.8 Å². The maximum Gasteiger partial charge on any atom is 0.410 e. The molecule has 4 N–H and O–H groups in total. The van der Waals surface area contributed by atoms with Crippen molar-refractivity contribution in [2.45, 2.75) is 31.0 Å². The Hall–Kier alpha value is -4.10. The van der Waals surface area contributed by atoms with E-state index in [4.69, 9.17) is 10.5 Å². The molecule has 0 saturated heterocycles. The van der Waals surface area contributed by atoms with Gasteiger partial charge in [-0.05, 0) is 44.5 Å². The third kappa shape index (κ3) is 4.47. The number of carbonyl (C=O) groups is 6. The van der Waals surface area contributed by atoms with Gasteiger partial charge in [-0.25, -0.2) is 4.79 Å². The average Bonchev–Trinajstić information content (AvgIpc) is 2.90. The minimum absolute atomic E-state index is 0.0469. The van der Waals surface area contributed by atoms with Crippen LogP contribution in [0.15, 0.2) is 18.7 Å². The smallest absolute Gasteiger partial charge is 0.410 e. The lowest BCUT2D eigenvalue weighted by Crippen LogP contribution is -2.74. The van der Waals surface area contributed by atoms with Crippen molar-refractivity contribution in [2.75, 3.05) is 46.7 Å². The molecule has 13 heteroatoms. The summed E-state index contributed by atoms with van der Waals surface area (Å²) in [7, 11) is 7.75. The number of methoxy groups -OCH3 is 1. The first-order chi connectivity index (χ1) is 19.6. The van der Waals surface area contributed by atoms with Crippen LogP contribution in [-0.2, 0) is 36.9 Å². The Kier molecular flexibility index (Phi) is 8.04. The highest BCUT2D eigenvalue weighted by atomic mass is 16.5. The number of hydrogen-bond acceptors (Lipinski definition) is 11. The highest BCUT2D eigenvalue weighted by molar-refractivity contribution is 6.32. The number of amides is 2. The Morgan fingerprint density at radius 1 is 1.17 bits per heavy atom. The van der Waals surface area contributed by atoms with E-state index < -0.39 is 76.2 Å². The lowest BCUT2D eigenvalue weighted by atomic mass is 9.52. The van der Waals surface area contributed by atoms with Crippen LogP contribution in [0.4, 0.5) is 10.5 Å². The first-order valence-electron chi connectivity index (χ1n) is 13.5. The van der Waals surface area contributed by atoms with Crippen molar-refractivity contribution in [3.05, 3.63) is 35.4 Å². The fourth-order valence-corrected chi connectivity index (χ4v) is 6.92. The summed E-state index contributed by atoms with van der Waals surface area (Å²) >= 11 is 0. The molecule has 6 atom stereocenters. The van der Waals surface area contributed by atoms with Crippen molar-refractivity contribution in [3.63, 3.8) is 0 Å². The third-order valence-corrected chi connectivity index (χ3v) is 8.74. The number of ether oxygens (including phenoxy) is 1. The second-order valence-electron chi connectivity index (χ2n) is 11.6. The van der Waals surface area contributed by atoms with Crippen LogP contribution in [0.5, 0.6) is 5.75 Å². The van der Waals surface area contributed by atoms with Crippen molar-refractivity contribution in [2.24, 2.45) is 29.4 Å². The van der Waals surface area contributed by atoms with E-state index in [1.54, 1.807) is 25.1 Å². The molecule has 13 nitrogen and oxygen atoms in total. The Labute approximate surface area is 242 Å². The molecule has 0 heterocycles. The maximum atomic E-state index is 14.1. The largest absolute Gasteiger partial charge is 0.507 e. The molecule has 4 rings (SSSR count). The van der Waals surface area contributed by atoms with E-state index in [1.165, 1.54) is 37.1 Å². The Morgan fingerprint density at radius 3 is 2.33 bits per heavy atom. The van der Waals surface area contributed by atoms with Crippen LogP contribution < -0.4 is 10.6 Å². The SMILES string of the molecule is C=CCN(Cc1cc(N(C)C)c2c(c1O)C(=O)C1C(=O)[C@]3(O)C(=O)C(C(N)=O)C(=O)[C@@H](N(C)C)[C@@H]3C[C@@H]1C2)C(=O)OC. The van der Waals surface area contributed by atoms with E-state index in [0.717, 1.165) is 0 Å². The molecule has 2 unspecified atom stereocenters. The lowest BCUT2D eigenvalue weighted by molar-refractivity contribution is -0.181. The number of phenolic OH excluding ortho intramolecular Hbond substituents is 1. The molecule has 226 valence electrons. The molecule has 0 aromatic heterocycles. The van der Waals surface area contributed by atoms with Gasteiger partial charge in [0.15, 0.2) is 34.7 Å². The van der Waals surface area contributed by atoms with Gasteiger partial charge in [0.2, 0.25) is 5.91 Å². The number of phenols is 1. The molecule has 2 fully saturated rings. The van der Waals surface area contributed by atoms with Crippen molar-refractivity contribution in [1.29, 1.82) is 0 Å². The van der Waals surface area contributed by atoms with Gasteiger partial charge in [0.1, 0.15) is 5.75 Å². The fraction of sp³-hybridized carbons (Fsp3) is 0.517. The minimum atomic E-state index is -2.81. The highest BCUT2D eigenvalue weighted by Gasteiger charge is 2.69. The van der Waals surface area contributed by atoms with E-state index in [9.17, 15) is 39.0 Å². The molecule has 1 aromatic rings. The van der Waals surface area contributed by atoms with Gasteiger partial charge in [-0.15, -0.1) is 6.58 Å². The number of primary amides is 1. The molecular weight excluding hydrogens is 548 g/mol. The van der Waals surface area contributed by atoms with Crippen LogP contribution in [0.25, 0.3) is 0 Å². The number of likely N-dealkylation sites (N-methyl/N-ethyl adjacent to an activating group) is 1. The van der Waals surface area contributed by atoms with Crippen LogP contribution >= 0.6 is 0 Å². The van der Waals surface area contributed by atoms with Gasteiger partial charge in [-0.2, -0.15) is 0 Å². The molecule has 1 aromatic carbocycles. The summed E-state index contributed by atoms with van der Waals surface area (Å²) in [5.41, 5.74) is 3.64. The number of ketones is 4. The maximum absolute atomic E-state index is 14.1. The van der Waals surface area contributed by atoms with Crippen molar-refractivity contribution in [1.82, 2.24) is 9.80 Å². The van der Waals surface area contributed by atoms with Gasteiger partial charge in [-0.1, -0.05) is 6.08 Å². The van der Waals surface area contributed by atoms with Gasteiger partial charge in [-0.3, -0.25) is 28.9 Å². The number of carbonyl (C=O) groups excluding carboxylic acids is 6. The van der Waals surface area contributed by atoms with Gasteiger partial charge >= 0.3 is 6.09 Å². The van der Waals surface area contributed by atoms with Crippen LogP contribution in [0.2, 0.25) is 0 Å². The summed E-state index contributed by atoms with van der Waals surface area (Å²) in [6, 6.07) is 0.472. The fourth-order valence-electron chi connectivity index (χ4n) is 6.92. The number of aliphatic hydroxyl groups is 1. The van der Waals surface area contributed by atoms with E-state index in [0.29, 0.717) is 11.3 Å². The second-order valence-corrected chi connectivity index (χ2v) is 11.6. The number of anilines is 1. The number of Topliss-reactive ketones (excluding diaryl/α,β-unsaturated/α-hetero) is 4. The Bertz CT molecular complexity index is 1400. The summed E-state index contributed by atoms with van der Waals surface area (Å²) in [5.74, 6) is -11.2. The van der Waals surface area contributed by atoms with Crippen molar-refractivity contribution >= 4 is 40.8 Å². The van der Waals surface area contributed by atoms with Gasteiger partial charge in [0.05, 0.1) is 31.2 Å². The van der Waals surface area contributed by atoms with Crippen LogP contribution in [-0.4, -0.2) is 109 Å². The topological polar surface area (TPSA) is 188 Å². The van der Waals surface area contributed by atoms with Crippen LogP contribution in [0.3, 0.4) is 0 Å². The van der Waals surface area contributed by atoms with E-state index >= 15 is 0 Å². The summed E-state index contributed by atoms with van der Waals surface area (Å²) in [4.78, 5) is 83.8. The van der Waals surface area contributed by atoms with Crippen molar-refractivity contribution < 1.29 is 43.7 Å². The Balaban J connectivity index is 1.87. The van der Waals surface area contributed by atoms with E-state index in [-0.39, 0.29) is 37.1 Å². The normalized spacial score (nSPS) is 28.5. The first-order valence-corrected chi connectivity index (χ1v) is 13.5. The quantitative estimate of drug-likeness (QED) is 0.282. The molecule has 3 aliphatic carbocycles. The monoisotopic (exact) mass is 584 g/mol. The molecular formula is C29H36N4O9. The third-order valence-electron chi connectivity index (χ3n) is 8.74. The number of benzene rings is 1. The van der Waals surface area contributed by atoms with Crippen LogP contribution in [0, 0.1) is 23.7 Å². The molecule has 0 spiro atoms. The number of aromatic hydroxyl groups is 1. The van der Waals surface area contributed by atoms with E-state index in [1.807, 2.05) is 0 Å². The van der Waals surface area contributed by atoms with Crippen molar-refractivity contribution in [3.8, 4) is 5.75 Å². The summed E-state index contributed by atoms with van der Waals surface area (Å²) in [6.07, 6.45) is 0.860. The molecule has 3 aliphatic rings. The number of nitrogens with zero attached hydrogens (tertiary/aromatic N) is 3. The van der Waals surface area contributed by atoms with E-state index in [2.05, 4.69) is 6.58 Å². The Morgan fingerprint density at radius 2 is 1.81 bits per heavy atom. The zero-order valence-corrected chi connectivity index (χ0v) is 24.2. The molecule has 2 amide bonds. The first kappa shape index (κ1) is 30.8. The molecule has 0 bridgehead atoms. The van der Waals surface area contributed by atoms with Crippen LogP contribution in [0.1, 0.15) is 27.9 Å². The predicted molar refractivity (Wildman–Crippen MR) is 149 cm³/mol. The van der Waals surface area contributed by atoms with Gasteiger partial charge < -0.3 is 30.5 Å². The minimum Gasteiger partial charge on any atom is -0.507 e. The summed E-state index contributed by atoms with van der Waals surface area (Å²) in [6.45, 7) is 3.57. The zero-order valence-electron chi connectivity index (χ0n) is 24.2. The second kappa shape index (κ2) is 11.0. The number of nitrogens with two attached hydrogens (primary N) is 1. The lowest BCUT2D eigenvalue weighted by Gasteiger charge is -2.52. The summed E-state index contributed by atoms with van der Waals surface area (Å²) < 4.78 is 4.82. The molecule has 0 aliphatic heterocycles. The molecule has 42 heavy (non-hydrogen) atoms. The standard InChI is InChI=1S/C29H36N4O9/c1-7-8-33(28(40)42-6)12-14-11-17(31(2)3)15-9-13-10-16-21(32(4)5)24(36)20(27(30)39)26(38)29(16,41)25(37)18(13)23(35)19(15)22(14)34/h7,11,13,16,18,20-21,34,41H,1,8-10,12H2,2-6H3,(H2,30,39)/t13-,16-,18?,20?,21-,29-/m0/s1. The molecule has 2 saturated carbocycles. The number of hydrogen-bond donors (Lipinski definition) is 3. The zero-order chi connectivity index (χ0) is 31.4. The number of fused-ring (bicyclic) bond motifs is 3. The van der Waals surface area contributed by atoms with Gasteiger partial charge in [0.25, 0.3) is 0 Å². The average molecular weight is 585 g/mol. The molecule has 0 radical (unpaired) electrons. The highest BCUT2D eigenvalue weighted by Crippen LogP contribution is 2.52. The predicted octanol–water partition coefficient (Wildman–Crippen LogP) is -0.313. The summed E-state index contributed by atoms with van der Waals surface area (Å²) in [5, 5.41) is 23.1. The number of rotatable bonds is 7.